The molecule has 1 aromatic heterocycles. The summed E-state index contributed by atoms with van der Waals surface area (Å²) >= 11 is 0. The maximum absolute atomic E-state index is 13.9. The minimum atomic E-state index is -0.146. The van der Waals surface area contributed by atoms with Crippen molar-refractivity contribution in [3.8, 4) is 0 Å². The molecule has 0 aliphatic carbocycles. The third kappa shape index (κ3) is 1.54. The van der Waals surface area contributed by atoms with Gasteiger partial charge in [0.05, 0.1) is 5.52 Å². The van der Waals surface area contributed by atoms with Crippen LogP contribution < -0.4 is 11.2 Å². The number of hydrogen-bond donors (Lipinski definition) is 2. The molecule has 2 rings (SSSR count). The number of aryl methyl sites for hydroxylation is 2. The van der Waals surface area contributed by atoms with Crippen LogP contribution in [0.4, 0.5) is 4.39 Å². The van der Waals surface area contributed by atoms with E-state index in [-0.39, 0.29) is 5.82 Å². The van der Waals surface area contributed by atoms with Crippen molar-refractivity contribution in [2.24, 2.45) is 5.73 Å². The molecule has 4 heteroatoms. The zero-order valence-electron chi connectivity index (χ0n) is 9.95. The lowest BCUT2D eigenvalue weighted by Crippen LogP contribution is -2.10. The van der Waals surface area contributed by atoms with Gasteiger partial charge in [-0.15, -0.1) is 0 Å². The summed E-state index contributed by atoms with van der Waals surface area (Å²) in [6, 6.07) is 1.89. The van der Waals surface area contributed by atoms with E-state index in [2.05, 4.69) is 4.98 Å². The second-order valence-electron chi connectivity index (χ2n) is 4.34. The Morgan fingerprint density at radius 1 is 1.44 bits per heavy atom. The Hall–Kier alpha value is -1.29. The molecule has 0 bridgehead atoms. The van der Waals surface area contributed by atoms with Gasteiger partial charge < -0.3 is 10.7 Å². The molecule has 16 heavy (non-hydrogen) atoms. The lowest BCUT2D eigenvalue weighted by Gasteiger charge is -2.04. The van der Waals surface area contributed by atoms with Gasteiger partial charge in [-0.3, -0.25) is 0 Å². The largest absolute Gasteiger partial charge is 0.356 e. The highest BCUT2D eigenvalue weighted by Gasteiger charge is 2.14. The van der Waals surface area contributed by atoms with Gasteiger partial charge >= 0.3 is 0 Å². The summed E-state index contributed by atoms with van der Waals surface area (Å²) in [5, 5.41) is 1.01. The molecule has 0 spiro atoms. The first-order chi connectivity index (χ1) is 7.56. The summed E-state index contributed by atoms with van der Waals surface area (Å²) in [5.41, 5.74) is 10.2. The van der Waals surface area contributed by atoms with Gasteiger partial charge in [0, 0.05) is 11.1 Å². The topological polar surface area (TPSA) is 41.8 Å². The molecule has 0 saturated carbocycles. The molecular weight excluding hydrogens is 202 g/mol. The van der Waals surface area contributed by atoms with E-state index >= 15 is 0 Å². The van der Waals surface area contributed by atoms with Crippen molar-refractivity contribution in [1.29, 1.82) is 0 Å². The van der Waals surface area contributed by atoms with Crippen LogP contribution in [-0.4, -0.2) is 19.4 Å². The summed E-state index contributed by atoms with van der Waals surface area (Å²) in [6.45, 7) is 4.57. The average molecular weight is 218 g/mol. The van der Waals surface area contributed by atoms with Crippen LogP contribution in [-0.2, 0) is 6.42 Å². The Morgan fingerprint density at radius 3 is 2.75 bits per heavy atom. The predicted octanol–water partition coefficient (Wildman–Crippen LogP) is 0.683. The maximum Gasteiger partial charge on any atom is 0.143 e. The average Bonchev–Trinajstić information content (AvgIpc) is 2.54. The van der Waals surface area contributed by atoms with Crippen molar-refractivity contribution < 1.29 is 4.39 Å². The van der Waals surface area contributed by atoms with Crippen LogP contribution in [0.1, 0.15) is 16.8 Å². The van der Waals surface area contributed by atoms with E-state index < -0.39 is 0 Å². The monoisotopic (exact) mass is 218 g/mol. The number of nitrogens with two attached hydrogens (primary N) is 1. The Labute approximate surface area is 95.4 Å². The molecule has 0 fully saturated rings. The number of rotatable bonds is 2. The molecular formula is C12H16BFN2. The molecule has 2 aromatic rings. The zero-order chi connectivity index (χ0) is 11.9. The highest BCUT2D eigenvalue weighted by Crippen LogP contribution is 2.26. The summed E-state index contributed by atoms with van der Waals surface area (Å²) in [4.78, 5) is 3.13. The van der Waals surface area contributed by atoms with Crippen LogP contribution in [0, 0.1) is 19.7 Å². The fraction of sp³-hybridized carbons (Fsp3) is 0.333. The lowest BCUT2D eigenvalue weighted by molar-refractivity contribution is 0.645. The van der Waals surface area contributed by atoms with E-state index in [0.29, 0.717) is 17.5 Å². The molecule has 0 radical (unpaired) electrons. The quantitative estimate of drug-likeness (QED) is 0.715. The molecule has 0 amide bonds. The van der Waals surface area contributed by atoms with Crippen molar-refractivity contribution in [3.05, 3.63) is 28.7 Å². The van der Waals surface area contributed by atoms with E-state index in [1.807, 2.05) is 19.9 Å². The standard InChI is InChI=1S/C12H16BFN2/c1-6-5-9(13)11(14)12-10(6)8(3-4-15)7(2)16-12/h5,16H,3-4,13,15H2,1-2H3. The number of halogens is 1. The van der Waals surface area contributed by atoms with Crippen LogP contribution in [0.15, 0.2) is 6.07 Å². The van der Waals surface area contributed by atoms with Crippen molar-refractivity contribution in [2.75, 3.05) is 6.54 Å². The summed E-state index contributed by atoms with van der Waals surface area (Å²) in [5.74, 6) is -0.146. The van der Waals surface area contributed by atoms with Crippen LogP contribution in [0.3, 0.4) is 0 Å². The highest BCUT2D eigenvalue weighted by atomic mass is 19.1. The van der Waals surface area contributed by atoms with Crippen molar-refractivity contribution in [2.45, 2.75) is 20.3 Å². The molecule has 1 heterocycles. The smallest absolute Gasteiger partial charge is 0.143 e. The van der Waals surface area contributed by atoms with E-state index in [1.165, 1.54) is 0 Å². The van der Waals surface area contributed by atoms with Crippen LogP contribution in [0.25, 0.3) is 10.9 Å². The zero-order valence-corrected chi connectivity index (χ0v) is 9.95. The summed E-state index contributed by atoms with van der Waals surface area (Å²) < 4.78 is 13.9. The van der Waals surface area contributed by atoms with Crippen molar-refractivity contribution >= 4 is 24.2 Å². The SMILES string of the molecule is Bc1cc(C)c2c(CCN)c(C)[nH]c2c1F. The molecule has 2 nitrogen and oxygen atoms in total. The first-order valence-electron chi connectivity index (χ1n) is 5.53. The number of hydrogen-bond acceptors (Lipinski definition) is 1. The van der Waals surface area contributed by atoms with Crippen LogP contribution in [0.5, 0.6) is 0 Å². The van der Waals surface area contributed by atoms with Crippen molar-refractivity contribution in [3.63, 3.8) is 0 Å². The van der Waals surface area contributed by atoms with Gasteiger partial charge in [0.2, 0.25) is 0 Å². The first kappa shape index (κ1) is 11.2. The Kier molecular flexibility index (Phi) is 2.76. The Morgan fingerprint density at radius 2 is 2.12 bits per heavy atom. The van der Waals surface area contributed by atoms with E-state index in [1.54, 1.807) is 7.85 Å². The second kappa shape index (κ2) is 3.94. The number of nitrogens with one attached hydrogen (secondary N) is 1. The Bertz CT molecular complexity index is 546. The third-order valence-corrected chi connectivity index (χ3v) is 3.10. The van der Waals surface area contributed by atoms with Crippen LogP contribution in [0.2, 0.25) is 0 Å². The van der Waals surface area contributed by atoms with E-state index in [9.17, 15) is 4.39 Å². The molecule has 0 saturated heterocycles. The highest BCUT2D eigenvalue weighted by molar-refractivity contribution is 6.33. The number of aromatic amines is 1. The molecule has 0 aliphatic heterocycles. The Balaban J connectivity index is 2.83. The number of H-pyrrole nitrogens is 1. The fourth-order valence-electron chi connectivity index (χ4n) is 2.38. The van der Waals surface area contributed by atoms with Gasteiger partial charge in [-0.25, -0.2) is 4.39 Å². The van der Waals surface area contributed by atoms with Gasteiger partial charge in [-0.2, -0.15) is 0 Å². The van der Waals surface area contributed by atoms with Gasteiger partial charge in [-0.05, 0) is 37.9 Å². The minimum Gasteiger partial charge on any atom is -0.356 e. The molecule has 0 atom stereocenters. The third-order valence-electron chi connectivity index (χ3n) is 3.10. The second-order valence-corrected chi connectivity index (χ2v) is 4.34. The van der Waals surface area contributed by atoms with Gasteiger partial charge in [-0.1, -0.05) is 11.5 Å². The molecule has 0 unspecified atom stereocenters. The van der Waals surface area contributed by atoms with Crippen molar-refractivity contribution in [1.82, 2.24) is 4.98 Å². The number of aromatic nitrogens is 1. The van der Waals surface area contributed by atoms with E-state index in [4.69, 9.17) is 5.73 Å². The summed E-state index contributed by atoms with van der Waals surface area (Å²) in [7, 11) is 1.79. The number of benzene rings is 1. The predicted molar refractivity (Wildman–Crippen MR) is 68.7 cm³/mol. The normalized spacial score (nSPS) is 11.2. The lowest BCUT2D eigenvalue weighted by atomic mass is 9.91. The molecule has 3 N–H and O–H groups in total. The van der Waals surface area contributed by atoms with Gasteiger partial charge in [0.1, 0.15) is 13.7 Å². The van der Waals surface area contributed by atoms with E-state index in [0.717, 1.165) is 28.6 Å². The first-order valence-corrected chi connectivity index (χ1v) is 5.53. The molecule has 84 valence electrons. The van der Waals surface area contributed by atoms with Gasteiger partial charge in [0.25, 0.3) is 0 Å². The molecule has 1 aromatic carbocycles. The number of fused-ring (bicyclic) bond motifs is 1. The summed E-state index contributed by atoms with van der Waals surface area (Å²) in [6.07, 6.45) is 0.787. The molecule has 0 aliphatic rings. The minimum absolute atomic E-state index is 0.146. The van der Waals surface area contributed by atoms with Gasteiger partial charge in [0.15, 0.2) is 0 Å². The maximum atomic E-state index is 13.9. The fourth-order valence-corrected chi connectivity index (χ4v) is 2.38. The van der Waals surface area contributed by atoms with Crippen LogP contribution >= 0.6 is 0 Å².